The Bertz CT molecular complexity index is 704. The molecule has 0 aromatic rings. The van der Waals surface area contributed by atoms with Gasteiger partial charge in [-0.2, -0.15) is 0 Å². The van der Waals surface area contributed by atoms with Crippen LogP contribution < -0.4 is 5.32 Å². The van der Waals surface area contributed by atoms with Crippen molar-refractivity contribution in [2.75, 3.05) is 11.6 Å². The number of carboxylic acids is 1. The molecule has 3 N–H and O–H groups in total. The van der Waals surface area contributed by atoms with Gasteiger partial charge in [-0.3, -0.25) is 14.5 Å². The van der Waals surface area contributed by atoms with Crippen LogP contribution in [0.3, 0.4) is 0 Å². The molecule has 0 saturated carbocycles. The summed E-state index contributed by atoms with van der Waals surface area (Å²) in [5, 5.41) is 22.7. The van der Waals surface area contributed by atoms with E-state index in [9.17, 15) is 29.5 Å². The van der Waals surface area contributed by atoms with E-state index >= 15 is 0 Å². The average molecular weight is 374 g/mol. The Labute approximate surface area is 145 Å². The van der Waals surface area contributed by atoms with E-state index < -0.39 is 46.5 Å². The maximum atomic E-state index is 12.2. The number of aliphatic carboxylic acids is 1. The molecule has 128 valence electrons. The second-order valence-corrected chi connectivity index (χ2v) is 6.14. The second-order valence-electron chi connectivity index (χ2n) is 4.76. The number of fused-ring (bicyclic) bond motifs is 1. The summed E-state index contributed by atoms with van der Waals surface area (Å²) in [5.41, 5.74) is -0.605. The Kier molecular flexibility index (Phi) is 5.30. The molecule has 9 nitrogen and oxygen atoms in total. The number of hydrogen-bond acceptors (Lipinski definition) is 7. The fourth-order valence-corrected chi connectivity index (χ4v) is 3.76. The number of aliphatic hydroxyl groups excluding tert-OH is 1. The average Bonchev–Trinajstić information content (AvgIpc) is 2.58. The molecule has 0 bridgehead atoms. The summed E-state index contributed by atoms with van der Waals surface area (Å²) in [4.78, 5) is 47.2. The minimum Gasteiger partial charge on any atom is -0.508 e. The normalized spacial score (nSPS) is 23.7. The standard InChI is InChI=1S/C13H12ClN3O6S/c1-2-5-4-24-12-8(11(20)17(12)9(5)13(21)22)15-10(19)7(16-23)6(18)3-14/h2,8,12,18H,1,3-4H2,(H,15,19)(H,21,22)/b7-6+. The number of thioether (sulfide) groups is 1. The summed E-state index contributed by atoms with van der Waals surface area (Å²) in [5.74, 6) is -3.89. The lowest BCUT2D eigenvalue weighted by atomic mass is 10.0. The minimum absolute atomic E-state index is 0.183. The third kappa shape index (κ3) is 2.89. The number of halogens is 1. The number of allylic oxidation sites excluding steroid dienone is 2. The van der Waals surface area contributed by atoms with Gasteiger partial charge in [-0.05, 0) is 10.7 Å². The zero-order valence-electron chi connectivity index (χ0n) is 12.1. The maximum absolute atomic E-state index is 12.2. The Balaban J connectivity index is 2.21. The van der Waals surface area contributed by atoms with Crippen molar-refractivity contribution >= 4 is 41.1 Å². The van der Waals surface area contributed by atoms with E-state index in [0.717, 1.165) is 4.90 Å². The van der Waals surface area contributed by atoms with Gasteiger partial charge in [0.1, 0.15) is 22.9 Å². The molecular formula is C13H12ClN3O6S. The highest BCUT2D eigenvalue weighted by molar-refractivity contribution is 8.00. The van der Waals surface area contributed by atoms with Crippen molar-refractivity contribution in [1.82, 2.24) is 10.2 Å². The first-order valence-electron chi connectivity index (χ1n) is 6.53. The molecule has 2 atom stereocenters. The molecule has 0 radical (unpaired) electrons. The molecule has 11 heteroatoms. The molecule has 2 unspecified atom stereocenters. The van der Waals surface area contributed by atoms with Crippen molar-refractivity contribution in [2.45, 2.75) is 11.4 Å². The van der Waals surface area contributed by atoms with Gasteiger partial charge in [-0.25, -0.2) is 4.79 Å². The highest BCUT2D eigenvalue weighted by atomic mass is 35.5. The van der Waals surface area contributed by atoms with Crippen LogP contribution in [0.1, 0.15) is 0 Å². The van der Waals surface area contributed by atoms with Crippen LogP contribution in [0.15, 0.2) is 40.6 Å². The van der Waals surface area contributed by atoms with Crippen LogP contribution in [-0.4, -0.2) is 55.9 Å². The predicted octanol–water partition coefficient (Wildman–Crippen LogP) is 0.686. The molecule has 24 heavy (non-hydrogen) atoms. The Morgan fingerprint density at radius 1 is 1.50 bits per heavy atom. The van der Waals surface area contributed by atoms with Gasteiger partial charge in [-0.15, -0.1) is 28.3 Å². The molecule has 0 spiro atoms. The molecule has 0 aromatic carbocycles. The molecule has 2 rings (SSSR count). The number of aliphatic hydroxyl groups is 1. The first-order valence-corrected chi connectivity index (χ1v) is 8.11. The first kappa shape index (κ1) is 18.0. The van der Waals surface area contributed by atoms with E-state index in [2.05, 4.69) is 17.1 Å². The highest BCUT2D eigenvalue weighted by Gasteiger charge is 2.54. The van der Waals surface area contributed by atoms with Crippen molar-refractivity contribution < 1.29 is 24.6 Å². The summed E-state index contributed by atoms with van der Waals surface area (Å²) in [6.07, 6.45) is 1.36. The number of nitroso groups, excluding NO2 is 1. The maximum Gasteiger partial charge on any atom is 0.352 e. The Morgan fingerprint density at radius 2 is 2.17 bits per heavy atom. The van der Waals surface area contributed by atoms with Crippen molar-refractivity contribution in [3.8, 4) is 0 Å². The van der Waals surface area contributed by atoms with E-state index in [1.54, 1.807) is 0 Å². The lowest BCUT2D eigenvalue weighted by Gasteiger charge is -2.49. The van der Waals surface area contributed by atoms with Gasteiger partial charge in [0.15, 0.2) is 0 Å². The van der Waals surface area contributed by atoms with Crippen LogP contribution in [-0.2, 0) is 14.4 Å². The third-order valence-corrected chi connectivity index (χ3v) is 4.99. The fourth-order valence-electron chi connectivity index (χ4n) is 2.30. The summed E-state index contributed by atoms with van der Waals surface area (Å²) >= 11 is 6.57. The number of carboxylic acid groups (broad SMARTS) is 1. The molecule has 2 amide bonds. The van der Waals surface area contributed by atoms with Gasteiger partial charge in [0, 0.05) is 5.75 Å². The molecule has 2 aliphatic rings. The van der Waals surface area contributed by atoms with E-state index in [-0.39, 0.29) is 5.70 Å². The van der Waals surface area contributed by atoms with Crippen molar-refractivity contribution in [1.29, 1.82) is 0 Å². The van der Waals surface area contributed by atoms with E-state index in [1.165, 1.54) is 17.8 Å². The van der Waals surface area contributed by atoms with Crippen molar-refractivity contribution in [3.05, 3.63) is 40.3 Å². The summed E-state index contributed by atoms with van der Waals surface area (Å²) in [6, 6.07) is -1.04. The number of carbonyl (C=O) groups excluding carboxylic acids is 2. The number of β-lactam (4-membered cyclic amide) rings is 1. The topological polar surface area (TPSA) is 136 Å². The predicted molar refractivity (Wildman–Crippen MR) is 86.1 cm³/mol. The number of amides is 2. The van der Waals surface area contributed by atoms with Gasteiger partial charge in [0.25, 0.3) is 11.8 Å². The molecule has 1 fully saturated rings. The van der Waals surface area contributed by atoms with Crippen molar-refractivity contribution in [3.63, 3.8) is 0 Å². The van der Waals surface area contributed by atoms with Gasteiger partial charge in [0.2, 0.25) is 5.70 Å². The van der Waals surface area contributed by atoms with Crippen LogP contribution in [0.2, 0.25) is 0 Å². The van der Waals surface area contributed by atoms with E-state index in [4.69, 9.17) is 11.6 Å². The van der Waals surface area contributed by atoms with Crippen LogP contribution in [0.5, 0.6) is 0 Å². The largest absolute Gasteiger partial charge is 0.508 e. The second kappa shape index (κ2) is 7.05. The van der Waals surface area contributed by atoms with E-state index in [1.807, 2.05) is 0 Å². The Morgan fingerprint density at radius 3 is 2.67 bits per heavy atom. The van der Waals surface area contributed by atoms with Gasteiger partial charge < -0.3 is 15.5 Å². The monoisotopic (exact) mass is 373 g/mol. The number of rotatable bonds is 6. The fraction of sp³-hybridized carbons (Fsp3) is 0.308. The summed E-state index contributed by atoms with van der Waals surface area (Å²) < 4.78 is 0. The van der Waals surface area contributed by atoms with Crippen LogP contribution in [0, 0.1) is 4.91 Å². The molecule has 2 heterocycles. The smallest absolute Gasteiger partial charge is 0.352 e. The minimum atomic E-state index is -1.27. The molecule has 1 saturated heterocycles. The van der Waals surface area contributed by atoms with Crippen molar-refractivity contribution in [2.24, 2.45) is 5.18 Å². The van der Waals surface area contributed by atoms with Gasteiger partial charge in [0.05, 0.1) is 5.88 Å². The quantitative estimate of drug-likeness (QED) is 0.205. The van der Waals surface area contributed by atoms with Gasteiger partial charge >= 0.3 is 5.97 Å². The first-order chi connectivity index (χ1) is 11.4. The summed E-state index contributed by atoms with van der Waals surface area (Å²) in [7, 11) is 0. The molecule has 2 aliphatic heterocycles. The molecule has 0 aliphatic carbocycles. The zero-order chi connectivity index (χ0) is 18.0. The van der Waals surface area contributed by atoms with E-state index in [0.29, 0.717) is 11.3 Å². The SMILES string of the molecule is C=CC1=C(C(=O)O)N2C(=O)C(NC(=O)/C(N=O)=C(\O)CCl)C2SC1. The zero-order valence-corrected chi connectivity index (χ0v) is 13.6. The van der Waals surface area contributed by atoms with Gasteiger partial charge in [-0.1, -0.05) is 12.7 Å². The lowest BCUT2D eigenvalue weighted by Crippen LogP contribution is -2.70. The van der Waals surface area contributed by atoms with Crippen LogP contribution >= 0.6 is 23.4 Å². The highest BCUT2D eigenvalue weighted by Crippen LogP contribution is 2.40. The number of nitrogens with one attached hydrogen (secondary N) is 1. The summed E-state index contributed by atoms with van der Waals surface area (Å²) in [6.45, 7) is 3.52. The molecule has 0 aromatic heterocycles. The Hall–Kier alpha value is -2.33. The number of nitrogens with zero attached hydrogens (tertiary/aromatic N) is 2. The number of alkyl halides is 1. The number of carbonyl (C=O) groups is 3. The number of hydrogen-bond donors (Lipinski definition) is 3. The third-order valence-electron chi connectivity index (χ3n) is 3.44. The molecular weight excluding hydrogens is 362 g/mol. The van der Waals surface area contributed by atoms with Crippen LogP contribution in [0.4, 0.5) is 0 Å². The van der Waals surface area contributed by atoms with Crippen LogP contribution in [0.25, 0.3) is 0 Å². The lowest BCUT2D eigenvalue weighted by molar-refractivity contribution is -0.150.